The van der Waals surface area contributed by atoms with Crippen LogP contribution >= 0.6 is 0 Å². The van der Waals surface area contributed by atoms with Crippen molar-refractivity contribution in [1.29, 1.82) is 0 Å². The van der Waals surface area contributed by atoms with Crippen LogP contribution in [0.3, 0.4) is 0 Å². The van der Waals surface area contributed by atoms with E-state index >= 15 is 0 Å². The Morgan fingerprint density at radius 1 is 1.25 bits per heavy atom. The Kier molecular flexibility index (Phi) is 4.65. The molecule has 2 amide bonds. The van der Waals surface area contributed by atoms with Gasteiger partial charge in [0.05, 0.1) is 18.2 Å². The second-order valence-electron chi connectivity index (χ2n) is 8.02. The van der Waals surface area contributed by atoms with E-state index in [4.69, 9.17) is 0 Å². The molecule has 1 saturated heterocycles. The van der Waals surface area contributed by atoms with E-state index in [1.54, 1.807) is 11.1 Å². The summed E-state index contributed by atoms with van der Waals surface area (Å²) in [4.78, 5) is 26.6. The van der Waals surface area contributed by atoms with Gasteiger partial charge in [0.1, 0.15) is 5.82 Å². The van der Waals surface area contributed by atoms with Gasteiger partial charge in [-0.1, -0.05) is 19.3 Å². The van der Waals surface area contributed by atoms with E-state index in [0.717, 1.165) is 18.7 Å². The van der Waals surface area contributed by atoms with Crippen LogP contribution in [0.2, 0.25) is 0 Å². The van der Waals surface area contributed by atoms with Crippen LogP contribution in [-0.2, 0) is 9.59 Å². The van der Waals surface area contributed by atoms with E-state index in [-0.39, 0.29) is 23.3 Å². The van der Waals surface area contributed by atoms with E-state index in [2.05, 4.69) is 10.4 Å². The fourth-order valence-corrected chi connectivity index (χ4v) is 3.79. The minimum Gasteiger partial charge on any atom is -0.337 e. The summed E-state index contributed by atoms with van der Waals surface area (Å²) in [5.74, 6) is 0.455. The van der Waals surface area contributed by atoms with E-state index < -0.39 is 0 Å². The molecule has 6 heteroatoms. The van der Waals surface area contributed by atoms with Crippen molar-refractivity contribution in [3.8, 4) is 0 Å². The summed E-state index contributed by atoms with van der Waals surface area (Å²) in [6.07, 6.45) is 7.98. The lowest BCUT2D eigenvalue weighted by Gasteiger charge is -2.32. The van der Waals surface area contributed by atoms with Gasteiger partial charge in [0.25, 0.3) is 0 Å². The average Bonchev–Trinajstić information content (AvgIpc) is 3.14. The third-order valence-electron chi connectivity index (χ3n) is 5.15. The largest absolute Gasteiger partial charge is 0.337 e. The van der Waals surface area contributed by atoms with Gasteiger partial charge in [-0.2, -0.15) is 5.10 Å². The molecule has 1 saturated carbocycles. The summed E-state index contributed by atoms with van der Waals surface area (Å²) in [5, 5.41) is 7.42. The van der Waals surface area contributed by atoms with Crippen LogP contribution in [0.4, 0.5) is 5.82 Å². The van der Waals surface area contributed by atoms with Crippen molar-refractivity contribution >= 4 is 17.6 Å². The molecular weight excluding hydrogens is 304 g/mol. The fraction of sp³-hybridized carbons (Fsp3) is 0.722. The van der Waals surface area contributed by atoms with Gasteiger partial charge in [0, 0.05) is 24.6 Å². The Morgan fingerprint density at radius 3 is 2.58 bits per heavy atom. The molecule has 1 atom stereocenters. The predicted octanol–water partition coefficient (Wildman–Crippen LogP) is 2.97. The molecular formula is C18H28N4O2. The van der Waals surface area contributed by atoms with Gasteiger partial charge < -0.3 is 10.2 Å². The smallest absolute Gasteiger partial charge is 0.230 e. The summed E-state index contributed by atoms with van der Waals surface area (Å²) in [7, 11) is 0. The number of hydrogen-bond acceptors (Lipinski definition) is 3. The average molecular weight is 332 g/mol. The Balaban J connectivity index is 1.66. The number of nitrogens with zero attached hydrogens (tertiary/aromatic N) is 3. The first-order valence-electron chi connectivity index (χ1n) is 9.01. The van der Waals surface area contributed by atoms with Gasteiger partial charge in [0.2, 0.25) is 11.8 Å². The third-order valence-corrected chi connectivity index (χ3v) is 5.15. The lowest BCUT2D eigenvalue weighted by atomic mass is 9.96. The predicted molar refractivity (Wildman–Crippen MR) is 92.6 cm³/mol. The number of hydrogen-bond donors (Lipinski definition) is 1. The zero-order valence-electron chi connectivity index (χ0n) is 14.9. The summed E-state index contributed by atoms with van der Waals surface area (Å²) >= 11 is 0. The Labute approximate surface area is 143 Å². The number of aromatic nitrogens is 2. The number of carbonyl (C=O) groups excluding carboxylic acids is 2. The summed E-state index contributed by atoms with van der Waals surface area (Å²) in [6.45, 7) is 6.50. The molecule has 0 unspecified atom stereocenters. The quantitative estimate of drug-likeness (QED) is 0.925. The van der Waals surface area contributed by atoms with Gasteiger partial charge in [-0.15, -0.1) is 0 Å². The third kappa shape index (κ3) is 3.47. The molecule has 1 aromatic heterocycles. The Bertz CT molecular complexity index is 611. The van der Waals surface area contributed by atoms with Gasteiger partial charge >= 0.3 is 0 Å². The molecule has 1 aliphatic carbocycles. The van der Waals surface area contributed by atoms with Crippen LogP contribution in [0, 0.1) is 5.92 Å². The minimum atomic E-state index is -0.286. The molecule has 132 valence electrons. The van der Waals surface area contributed by atoms with Crippen molar-refractivity contribution in [2.75, 3.05) is 11.9 Å². The van der Waals surface area contributed by atoms with Crippen LogP contribution < -0.4 is 5.32 Å². The lowest BCUT2D eigenvalue weighted by Crippen LogP contribution is -2.42. The van der Waals surface area contributed by atoms with E-state index in [0.29, 0.717) is 19.0 Å². The van der Waals surface area contributed by atoms with Crippen molar-refractivity contribution in [3.05, 3.63) is 12.3 Å². The Morgan fingerprint density at radius 2 is 1.96 bits per heavy atom. The highest BCUT2D eigenvalue weighted by Crippen LogP contribution is 2.31. The number of amides is 2. The molecule has 1 aromatic rings. The van der Waals surface area contributed by atoms with Crippen LogP contribution in [0.25, 0.3) is 0 Å². The molecule has 1 aliphatic heterocycles. The van der Waals surface area contributed by atoms with Crippen molar-refractivity contribution in [2.24, 2.45) is 5.92 Å². The normalized spacial score (nSPS) is 22.9. The van der Waals surface area contributed by atoms with Gasteiger partial charge in [-0.05, 0) is 33.6 Å². The molecule has 0 bridgehead atoms. The molecule has 1 N–H and O–H groups in total. The molecule has 0 spiro atoms. The SMILES string of the molecule is CC(C)(C)N1C[C@H](C(=O)Nc2ccnn2C2CCCCC2)CC1=O. The molecule has 24 heavy (non-hydrogen) atoms. The zero-order chi connectivity index (χ0) is 17.3. The van der Waals surface area contributed by atoms with E-state index in [9.17, 15) is 9.59 Å². The van der Waals surface area contributed by atoms with Crippen LogP contribution in [0.15, 0.2) is 12.3 Å². The molecule has 2 aliphatic rings. The van der Waals surface area contributed by atoms with Crippen molar-refractivity contribution < 1.29 is 9.59 Å². The van der Waals surface area contributed by atoms with Crippen LogP contribution in [0.5, 0.6) is 0 Å². The van der Waals surface area contributed by atoms with E-state index in [1.165, 1.54) is 19.3 Å². The van der Waals surface area contributed by atoms with Crippen LogP contribution in [0.1, 0.15) is 65.3 Å². The highest BCUT2D eigenvalue weighted by molar-refractivity contribution is 5.96. The molecule has 0 aromatic carbocycles. The molecule has 2 heterocycles. The summed E-state index contributed by atoms with van der Waals surface area (Å²) in [5.41, 5.74) is -0.240. The first kappa shape index (κ1) is 17.0. The summed E-state index contributed by atoms with van der Waals surface area (Å²) < 4.78 is 1.95. The van der Waals surface area contributed by atoms with Crippen molar-refractivity contribution in [1.82, 2.24) is 14.7 Å². The number of likely N-dealkylation sites (tertiary alicyclic amines) is 1. The van der Waals surface area contributed by atoms with Crippen molar-refractivity contribution in [2.45, 2.75) is 70.9 Å². The standard InChI is InChI=1S/C18H28N4O2/c1-18(2,3)21-12-13(11-16(21)23)17(24)20-15-9-10-19-22(15)14-7-5-4-6-8-14/h9-10,13-14H,4-8,11-12H2,1-3H3,(H,20,24)/t13-/m1/s1. The second-order valence-corrected chi connectivity index (χ2v) is 8.02. The number of rotatable bonds is 3. The highest BCUT2D eigenvalue weighted by Gasteiger charge is 2.39. The molecule has 2 fully saturated rings. The molecule has 3 rings (SSSR count). The first-order chi connectivity index (χ1) is 11.4. The van der Waals surface area contributed by atoms with E-state index in [1.807, 2.05) is 31.5 Å². The zero-order valence-corrected chi connectivity index (χ0v) is 14.9. The van der Waals surface area contributed by atoms with Gasteiger partial charge in [0.15, 0.2) is 0 Å². The van der Waals surface area contributed by atoms with Crippen molar-refractivity contribution in [3.63, 3.8) is 0 Å². The fourth-order valence-electron chi connectivity index (χ4n) is 3.79. The second kappa shape index (κ2) is 6.57. The van der Waals surface area contributed by atoms with Crippen LogP contribution in [-0.4, -0.2) is 38.6 Å². The topological polar surface area (TPSA) is 67.2 Å². The number of nitrogens with one attached hydrogen (secondary N) is 1. The monoisotopic (exact) mass is 332 g/mol. The van der Waals surface area contributed by atoms with Gasteiger partial charge in [-0.25, -0.2) is 4.68 Å². The lowest BCUT2D eigenvalue weighted by molar-refractivity contribution is -0.131. The maximum atomic E-state index is 12.6. The maximum absolute atomic E-state index is 12.6. The number of anilines is 1. The first-order valence-corrected chi connectivity index (χ1v) is 9.01. The minimum absolute atomic E-state index is 0.0587. The summed E-state index contributed by atoms with van der Waals surface area (Å²) in [6, 6.07) is 2.23. The maximum Gasteiger partial charge on any atom is 0.230 e. The highest BCUT2D eigenvalue weighted by atomic mass is 16.2. The Hall–Kier alpha value is -1.85. The molecule has 0 radical (unpaired) electrons. The molecule has 6 nitrogen and oxygen atoms in total. The number of carbonyl (C=O) groups is 2. The van der Waals surface area contributed by atoms with Gasteiger partial charge in [-0.3, -0.25) is 9.59 Å².